The molecule has 0 bridgehead atoms. The molecular weight excluding hydrogens is 639 g/mol. The molecule has 0 unspecified atom stereocenters. The SMILES string of the molecule is c1ccc(N(c2ccccc2)c2cccc3oc4ccc(-c5cccc6oc7cccc(-c8ccc9oc%10ccccc%10c9c8)c7c56)cc4c23)cc1. The highest BCUT2D eigenvalue weighted by Crippen LogP contribution is 2.46. The topological polar surface area (TPSA) is 42.7 Å². The summed E-state index contributed by atoms with van der Waals surface area (Å²) in [4.78, 5) is 2.31. The quantitative estimate of drug-likeness (QED) is 0.183. The Hall–Kier alpha value is -7.04. The number of rotatable bonds is 5. The number of hydrogen-bond acceptors (Lipinski definition) is 4. The van der Waals surface area contributed by atoms with Crippen LogP contribution in [0.3, 0.4) is 0 Å². The molecule has 0 atom stereocenters. The lowest BCUT2D eigenvalue weighted by molar-refractivity contribution is 0.668. The number of para-hydroxylation sites is 3. The molecule has 0 fully saturated rings. The minimum Gasteiger partial charge on any atom is -0.456 e. The summed E-state index contributed by atoms with van der Waals surface area (Å²) >= 11 is 0. The maximum Gasteiger partial charge on any atom is 0.137 e. The van der Waals surface area contributed by atoms with Crippen molar-refractivity contribution in [1.29, 1.82) is 0 Å². The van der Waals surface area contributed by atoms with Crippen LogP contribution in [0.2, 0.25) is 0 Å². The zero-order chi connectivity index (χ0) is 34.2. The molecule has 0 amide bonds. The minimum absolute atomic E-state index is 0.845. The number of furan rings is 3. The lowest BCUT2D eigenvalue weighted by atomic mass is 9.93. The fourth-order valence-electron chi connectivity index (χ4n) is 7.98. The van der Waals surface area contributed by atoms with E-state index in [1.165, 1.54) is 0 Å². The van der Waals surface area contributed by atoms with Gasteiger partial charge in [-0.1, -0.05) is 97.1 Å². The molecule has 4 nitrogen and oxygen atoms in total. The zero-order valence-electron chi connectivity index (χ0n) is 27.9. The van der Waals surface area contributed by atoms with Crippen molar-refractivity contribution >= 4 is 82.9 Å². The second-order valence-corrected chi connectivity index (χ2v) is 13.2. The molecule has 11 aromatic rings. The van der Waals surface area contributed by atoms with E-state index in [1.807, 2.05) is 12.1 Å². The summed E-state index contributed by atoms with van der Waals surface area (Å²) in [7, 11) is 0. The average Bonchev–Trinajstić information content (AvgIpc) is 3.90. The largest absolute Gasteiger partial charge is 0.456 e. The lowest BCUT2D eigenvalue weighted by Gasteiger charge is -2.26. The summed E-state index contributed by atoms with van der Waals surface area (Å²) in [5.41, 5.74) is 12.8. The van der Waals surface area contributed by atoms with E-state index in [-0.39, 0.29) is 0 Å². The Bertz CT molecular complexity index is 3090. The molecule has 3 heterocycles. The van der Waals surface area contributed by atoms with Crippen LogP contribution in [0.25, 0.3) is 88.1 Å². The molecule has 0 saturated carbocycles. The summed E-state index contributed by atoms with van der Waals surface area (Å²) in [5, 5.41) is 6.53. The summed E-state index contributed by atoms with van der Waals surface area (Å²) in [6, 6.07) is 61.2. The van der Waals surface area contributed by atoms with Crippen LogP contribution in [0, 0.1) is 0 Å². The van der Waals surface area contributed by atoms with E-state index in [0.29, 0.717) is 0 Å². The number of fused-ring (bicyclic) bond motifs is 9. The van der Waals surface area contributed by atoms with Crippen LogP contribution in [-0.2, 0) is 0 Å². The van der Waals surface area contributed by atoms with Gasteiger partial charge in [-0.3, -0.25) is 0 Å². The highest BCUT2D eigenvalue weighted by molar-refractivity contribution is 6.20. The van der Waals surface area contributed by atoms with Gasteiger partial charge in [0, 0.05) is 38.3 Å². The maximum atomic E-state index is 6.57. The fourth-order valence-corrected chi connectivity index (χ4v) is 7.98. The van der Waals surface area contributed by atoms with Crippen LogP contribution < -0.4 is 4.90 Å². The first-order chi connectivity index (χ1) is 25.8. The van der Waals surface area contributed by atoms with Gasteiger partial charge in [-0.05, 0) is 101 Å². The second-order valence-electron chi connectivity index (χ2n) is 13.2. The van der Waals surface area contributed by atoms with Gasteiger partial charge in [0.25, 0.3) is 0 Å². The third-order valence-electron chi connectivity index (χ3n) is 10.3. The van der Waals surface area contributed by atoms with Gasteiger partial charge in [-0.2, -0.15) is 0 Å². The maximum absolute atomic E-state index is 6.57. The first kappa shape index (κ1) is 28.8. The Balaban J connectivity index is 1.14. The van der Waals surface area contributed by atoms with E-state index in [9.17, 15) is 0 Å². The lowest BCUT2D eigenvalue weighted by Crippen LogP contribution is -2.09. The van der Waals surface area contributed by atoms with E-state index in [4.69, 9.17) is 13.3 Å². The predicted octanol–water partition coefficient (Wildman–Crippen LogP) is 14.2. The molecule has 0 N–H and O–H groups in total. The summed E-state index contributed by atoms with van der Waals surface area (Å²) < 4.78 is 19.3. The molecule has 3 aromatic heterocycles. The van der Waals surface area contributed by atoms with Gasteiger partial charge in [0.15, 0.2) is 0 Å². The van der Waals surface area contributed by atoms with Gasteiger partial charge in [0.05, 0.1) is 11.1 Å². The van der Waals surface area contributed by atoms with Crippen molar-refractivity contribution in [3.8, 4) is 22.3 Å². The zero-order valence-corrected chi connectivity index (χ0v) is 27.9. The molecule has 0 aliphatic rings. The average molecular weight is 668 g/mol. The molecule has 52 heavy (non-hydrogen) atoms. The molecule has 4 heteroatoms. The van der Waals surface area contributed by atoms with Crippen LogP contribution in [-0.4, -0.2) is 0 Å². The summed E-state index contributed by atoms with van der Waals surface area (Å²) in [6.07, 6.45) is 0. The van der Waals surface area contributed by atoms with Gasteiger partial charge < -0.3 is 18.2 Å². The molecule has 0 radical (unpaired) electrons. The van der Waals surface area contributed by atoms with Crippen molar-refractivity contribution in [3.05, 3.63) is 176 Å². The first-order valence-corrected chi connectivity index (χ1v) is 17.5. The summed E-state index contributed by atoms with van der Waals surface area (Å²) in [5.74, 6) is 0. The van der Waals surface area contributed by atoms with Crippen molar-refractivity contribution in [2.75, 3.05) is 4.90 Å². The predicted molar refractivity (Wildman–Crippen MR) is 214 cm³/mol. The van der Waals surface area contributed by atoms with Crippen molar-refractivity contribution in [2.45, 2.75) is 0 Å². The van der Waals surface area contributed by atoms with E-state index in [1.54, 1.807) is 0 Å². The van der Waals surface area contributed by atoms with Crippen molar-refractivity contribution in [2.24, 2.45) is 0 Å². The standard InChI is InChI=1S/C48H29NO3/c1-3-12-32(13-4-1)49(33-14-5-2-6-15-33)39-19-11-23-43-46(39)38-29-31(25-27-42(38)51-43)35-18-10-22-45-48(35)47-34(17-9-21-44(47)52-45)30-24-26-41-37(28-30)36-16-7-8-20-40(36)50-41/h1-29H. The minimum atomic E-state index is 0.845. The van der Waals surface area contributed by atoms with Gasteiger partial charge in [-0.25, -0.2) is 0 Å². The van der Waals surface area contributed by atoms with Crippen molar-refractivity contribution in [1.82, 2.24) is 0 Å². The van der Waals surface area contributed by atoms with Crippen molar-refractivity contribution < 1.29 is 13.3 Å². The normalized spacial score (nSPS) is 11.8. The number of anilines is 3. The number of benzene rings is 8. The Kier molecular flexibility index (Phi) is 6.22. The van der Waals surface area contributed by atoms with Crippen LogP contribution in [0.15, 0.2) is 189 Å². The second kappa shape index (κ2) is 11.2. The third-order valence-corrected chi connectivity index (χ3v) is 10.3. The smallest absolute Gasteiger partial charge is 0.137 e. The molecule has 244 valence electrons. The van der Waals surface area contributed by atoms with Crippen LogP contribution in [0.1, 0.15) is 0 Å². The van der Waals surface area contributed by atoms with Gasteiger partial charge in [0.2, 0.25) is 0 Å². The van der Waals surface area contributed by atoms with Gasteiger partial charge in [0.1, 0.15) is 33.5 Å². The van der Waals surface area contributed by atoms with E-state index >= 15 is 0 Å². The molecule has 8 aromatic carbocycles. The van der Waals surface area contributed by atoms with E-state index in [0.717, 1.165) is 105 Å². The Morgan fingerprint density at radius 2 is 0.769 bits per heavy atom. The molecule has 0 aliphatic carbocycles. The Labute approximate surface area is 298 Å². The van der Waals surface area contributed by atoms with E-state index < -0.39 is 0 Å². The Morgan fingerprint density at radius 3 is 1.42 bits per heavy atom. The fraction of sp³-hybridized carbons (Fsp3) is 0. The van der Waals surface area contributed by atoms with Crippen LogP contribution >= 0.6 is 0 Å². The monoisotopic (exact) mass is 667 g/mol. The van der Waals surface area contributed by atoms with Gasteiger partial charge in [-0.15, -0.1) is 0 Å². The first-order valence-electron chi connectivity index (χ1n) is 17.5. The highest BCUT2D eigenvalue weighted by atomic mass is 16.3. The van der Waals surface area contributed by atoms with Gasteiger partial charge >= 0.3 is 0 Å². The van der Waals surface area contributed by atoms with Crippen LogP contribution in [0.5, 0.6) is 0 Å². The molecular formula is C48H29NO3. The van der Waals surface area contributed by atoms with E-state index in [2.05, 4.69) is 169 Å². The molecule has 11 rings (SSSR count). The third kappa shape index (κ3) is 4.34. The number of hydrogen-bond donors (Lipinski definition) is 0. The highest BCUT2D eigenvalue weighted by Gasteiger charge is 2.21. The number of nitrogens with zero attached hydrogens (tertiary/aromatic N) is 1. The molecule has 0 aliphatic heterocycles. The van der Waals surface area contributed by atoms with Crippen molar-refractivity contribution in [3.63, 3.8) is 0 Å². The Morgan fingerprint density at radius 1 is 0.308 bits per heavy atom. The van der Waals surface area contributed by atoms with Crippen LogP contribution in [0.4, 0.5) is 17.1 Å². The molecule has 0 spiro atoms. The summed E-state index contributed by atoms with van der Waals surface area (Å²) in [6.45, 7) is 0. The molecule has 0 saturated heterocycles.